The van der Waals surface area contributed by atoms with Crippen molar-refractivity contribution in [3.8, 4) is 5.75 Å². The fourth-order valence-corrected chi connectivity index (χ4v) is 5.15. The number of carbonyl (C=O) groups is 1. The Morgan fingerprint density at radius 2 is 2.07 bits per heavy atom. The molecule has 0 saturated heterocycles. The third kappa shape index (κ3) is 5.69. The van der Waals surface area contributed by atoms with Crippen LogP contribution < -0.4 is 14.4 Å². The molecule has 11 heteroatoms. The second-order valence-electron chi connectivity index (χ2n) is 5.64. The third-order valence-electron chi connectivity index (χ3n) is 3.62. The first-order valence-electron chi connectivity index (χ1n) is 8.31. The molecule has 0 spiro atoms. The maximum absolute atomic E-state index is 12.8. The lowest BCUT2D eigenvalue weighted by Gasteiger charge is -2.29. The summed E-state index contributed by atoms with van der Waals surface area (Å²) in [5, 5.41) is 10.9. The number of sulfonamides is 1. The lowest BCUT2D eigenvalue weighted by molar-refractivity contribution is -0.117. The van der Waals surface area contributed by atoms with Crippen molar-refractivity contribution < 1.29 is 17.9 Å². The minimum Gasteiger partial charge on any atom is -0.497 e. The van der Waals surface area contributed by atoms with E-state index >= 15 is 0 Å². The number of benzene rings is 1. The number of methoxy groups -OCH3 is 1. The molecular formula is C17H22N4O4S3. The molecule has 0 bridgehead atoms. The number of hydrogen-bond acceptors (Lipinski definition) is 8. The predicted octanol–water partition coefficient (Wildman–Crippen LogP) is 3.01. The van der Waals surface area contributed by atoms with Gasteiger partial charge in [-0.05, 0) is 30.7 Å². The van der Waals surface area contributed by atoms with Gasteiger partial charge in [0.05, 0.1) is 19.1 Å². The van der Waals surface area contributed by atoms with E-state index < -0.39 is 22.0 Å². The van der Waals surface area contributed by atoms with Crippen molar-refractivity contribution in [1.82, 2.24) is 10.2 Å². The molecule has 1 N–H and O–H groups in total. The zero-order valence-corrected chi connectivity index (χ0v) is 18.2. The highest BCUT2D eigenvalue weighted by molar-refractivity contribution is 8.01. The highest BCUT2D eigenvalue weighted by atomic mass is 32.2. The van der Waals surface area contributed by atoms with Gasteiger partial charge in [-0.1, -0.05) is 36.1 Å². The van der Waals surface area contributed by atoms with Gasteiger partial charge in [0.1, 0.15) is 11.8 Å². The van der Waals surface area contributed by atoms with Crippen molar-refractivity contribution in [3.05, 3.63) is 36.9 Å². The molecule has 2 aromatic rings. The molecule has 28 heavy (non-hydrogen) atoms. The van der Waals surface area contributed by atoms with E-state index in [9.17, 15) is 13.2 Å². The number of carbonyl (C=O) groups excluding carboxylic acids is 1. The summed E-state index contributed by atoms with van der Waals surface area (Å²) >= 11 is 2.68. The number of amides is 1. The first kappa shape index (κ1) is 22.2. The van der Waals surface area contributed by atoms with Crippen LogP contribution in [0.3, 0.4) is 0 Å². The van der Waals surface area contributed by atoms with Crippen molar-refractivity contribution in [2.45, 2.75) is 23.7 Å². The van der Waals surface area contributed by atoms with Gasteiger partial charge in [-0.3, -0.25) is 14.4 Å². The molecule has 0 aliphatic rings. The van der Waals surface area contributed by atoms with Gasteiger partial charge in [0.25, 0.3) is 0 Å². The molecule has 0 aliphatic heterocycles. The summed E-state index contributed by atoms with van der Waals surface area (Å²) in [6.45, 7) is 5.39. The van der Waals surface area contributed by atoms with Crippen LogP contribution in [-0.2, 0) is 14.8 Å². The second kappa shape index (κ2) is 9.89. The molecule has 1 aromatic carbocycles. The summed E-state index contributed by atoms with van der Waals surface area (Å²) in [5.41, 5.74) is 0.379. The lowest BCUT2D eigenvalue weighted by Crippen LogP contribution is -2.46. The smallest absolute Gasteiger partial charge is 0.250 e. The average Bonchev–Trinajstić information content (AvgIpc) is 3.10. The minimum atomic E-state index is -3.71. The van der Waals surface area contributed by atoms with Crippen molar-refractivity contribution in [2.24, 2.45) is 0 Å². The Morgan fingerprint density at radius 1 is 1.39 bits per heavy atom. The minimum absolute atomic E-state index is 0.280. The van der Waals surface area contributed by atoms with Crippen LogP contribution in [0.15, 0.2) is 41.3 Å². The number of nitrogens with zero attached hydrogens (tertiary/aromatic N) is 3. The van der Waals surface area contributed by atoms with Gasteiger partial charge in [0.15, 0.2) is 4.34 Å². The largest absolute Gasteiger partial charge is 0.497 e. The van der Waals surface area contributed by atoms with Crippen LogP contribution in [-0.4, -0.2) is 49.7 Å². The van der Waals surface area contributed by atoms with Crippen molar-refractivity contribution in [2.75, 3.05) is 28.7 Å². The molecule has 1 heterocycles. The molecule has 8 nitrogen and oxygen atoms in total. The van der Waals surface area contributed by atoms with Crippen molar-refractivity contribution >= 4 is 49.8 Å². The number of ether oxygens (including phenoxy) is 1. The number of hydrogen-bond donors (Lipinski definition) is 1. The van der Waals surface area contributed by atoms with Crippen LogP contribution >= 0.6 is 23.1 Å². The Labute approximate surface area is 173 Å². The van der Waals surface area contributed by atoms with E-state index in [1.807, 2.05) is 0 Å². The molecule has 1 amide bonds. The zero-order valence-electron chi connectivity index (χ0n) is 15.8. The molecule has 1 aromatic heterocycles. The van der Waals surface area contributed by atoms with Gasteiger partial charge < -0.3 is 4.74 Å². The summed E-state index contributed by atoms with van der Waals surface area (Å²) in [5.74, 6) is 0.799. The zero-order chi connectivity index (χ0) is 20.7. The first-order chi connectivity index (χ1) is 13.3. The van der Waals surface area contributed by atoms with Crippen LogP contribution in [0.5, 0.6) is 5.75 Å². The molecular weight excluding hydrogens is 420 g/mol. The maximum Gasteiger partial charge on any atom is 0.250 e. The molecule has 152 valence electrons. The van der Waals surface area contributed by atoms with Crippen molar-refractivity contribution in [3.63, 3.8) is 0 Å². The molecule has 0 aliphatic carbocycles. The SMILES string of the molecule is C=CCSc1nnc(NC(=O)C(CC)N(c2ccc(OC)cc2)S(C)(=O)=O)s1. The molecule has 2 rings (SSSR count). The second-order valence-corrected chi connectivity index (χ2v) is 9.75. The summed E-state index contributed by atoms with van der Waals surface area (Å²) < 4.78 is 31.8. The van der Waals surface area contributed by atoms with E-state index in [-0.39, 0.29) is 6.42 Å². The van der Waals surface area contributed by atoms with E-state index in [1.165, 1.54) is 30.2 Å². The van der Waals surface area contributed by atoms with Gasteiger partial charge in [-0.15, -0.1) is 16.8 Å². The molecule has 0 radical (unpaired) electrons. The van der Waals surface area contributed by atoms with Gasteiger partial charge in [-0.2, -0.15) is 0 Å². The lowest BCUT2D eigenvalue weighted by atomic mass is 10.2. The number of aromatic nitrogens is 2. The topological polar surface area (TPSA) is 101 Å². The number of nitrogens with one attached hydrogen (secondary N) is 1. The molecule has 0 fully saturated rings. The predicted molar refractivity (Wildman–Crippen MR) is 114 cm³/mol. The number of anilines is 2. The van der Waals surface area contributed by atoms with Crippen LogP contribution in [0.2, 0.25) is 0 Å². The quantitative estimate of drug-likeness (QED) is 0.343. The Morgan fingerprint density at radius 3 is 2.61 bits per heavy atom. The van der Waals surface area contributed by atoms with E-state index in [2.05, 4.69) is 22.1 Å². The van der Waals surface area contributed by atoms with E-state index in [0.29, 0.717) is 26.7 Å². The van der Waals surface area contributed by atoms with Crippen LogP contribution in [0.1, 0.15) is 13.3 Å². The van der Waals surface area contributed by atoms with Crippen LogP contribution in [0.25, 0.3) is 0 Å². The monoisotopic (exact) mass is 442 g/mol. The normalized spacial score (nSPS) is 12.2. The average molecular weight is 443 g/mol. The van der Waals surface area contributed by atoms with Gasteiger partial charge >= 0.3 is 0 Å². The number of rotatable bonds is 10. The molecule has 1 unspecified atom stereocenters. The van der Waals surface area contributed by atoms with Crippen molar-refractivity contribution in [1.29, 1.82) is 0 Å². The van der Waals surface area contributed by atoms with Crippen LogP contribution in [0, 0.1) is 0 Å². The summed E-state index contributed by atoms with van der Waals surface area (Å²) in [6.07, 6.45) is 3.10. The van der Waals surface area contributed by atoms with E-state index in [0.717, 1.165) is 10.6 Å². The highest BCUT2D eigenvalue weighted by Gasteiger charge is 2.32. The Balaban J connectivity index is 2.25. The fourth-order valence-electron chi connectivity index (χ4n) is 2.43. The Hall–Kier alpha value is -2.11. The van der Waals surface area contributed by atoms with Crippen LogP contribution in [0.4, 0.5) is 10.8 Å². The third-order valence-corrected chi connectivity index (χ3v) is 6.77. The number of thioether (sulfide) groups is 1. The van der Waals surface area contributed by atoms with Gasteiger partial charge in [-0.25, -0.2) is 8.42 Å². The highest BCUT2D eigenvalue weighted by Crippen LogP contribution is 2.28. The van der Waals surface area contributed by atoms with E-state index in [1.54, 1.807) is 37.3 Å². The van der Waals surface area contributed by atoms with Gasteiger partial charge in [0.2, 0.25) is 21.1 Å². The van der Waals surface area contributed by atoms with E-state index in [4.69, 9.17) is 4.74 Å². The summed E-state index contributed by atoms with van der Waals surface area (Å²) in [6, 6.07) is 5.56. The maximum atomic E-state index is 12.8. The summed E-state index contributed by atoms with van der Waals surface area (Å²) in [4.78, 5) is 12.8. The Kier molecular flexibility index (Phi) is 7.84. The Bertz CT molecular complexity index is 913. The standard InChI is InChI=1S/C17H22N4O4S3/c1-5-11-26-17-20-19-16(27-17)18-15(22)14(6-2)21(28(4,23)24)12-7-9-13(25-3)10-8-12/h5,7-10,14H,1,6,11H2,2-4H3,(H,18,19,22). The fraction of sp³-hybridized carbons (Fsp3) is 0.353. The molecule has 0 saturated carbocycles. The van der Waals surface area contributed by atoms with Gasteiger partial charge in [0, 0.05) is 5.75 Å². The first-order valence-corrected chi connectivity index (χ1v) is 12.0. The molecule has 1 atom stereocenters. The summed E-state index contributed by atoms with van der Waals surface area (Å²) in [7, 11) is -2.19.